The second-order valence-corrected chi connectivity index (χ2v) is 3.33. The molecule has 0 heterocycles. The van der Waals surface area contributed by atoms with E-state index < -0.39 is 0 Å². The maximum absolute atomic E-state index is 2.28. The maximum Gasteiger partial charge on any atom is -0.0219 e. The van der Waals surface area contributed by atoms with Crippen molar-refractivity contribution in [2.24, 2.45) is 5.92 Å². The van der Waals surface area contributed by atoms with Gasteiger partial charge in [0.05, 0.1) is 0 Å². The van der Waals surface area contributed by atoms with Gasteiger partial charge in [-0.05, 0) is 31.3 Å². The average molecular weight is 166 g/mol. The largest absolute Gasteiger partial charge is 0.0839 e. The molecule has 0 aromatic carbocycles. The highest BCUT2D eigenvalue weighted by atomic mass is 14.1. The zero-order valence-electron chi connectivity index (χ0n) is 9.15. The fourth-order valence-electron chi connectivity index (χ4n) is 1.48. The Kier molecular flexibility index (Phi) is 5.79. The summed E-state index contributed by atoms with van der Waals surface area (Å²) in [7, 11) is 0. The van der Waals surface area contributed by atoms with Gasteiger partial charge in [-0.2, -0.15) is 0 Å². The molecular formula is C12H22. The Hall–Kier alpha value is -0.520. The summed E-state index contributed by atoms with van der Waals surface area (Å²) in [5.74, 6) is 0.705. The molecule has 0 spiro atoms. The monoisotopic (exact) mass is 166 g/mol. The number of hydrogen-bond acceptors (Lipinski definition) is 0. The van der Waals surface area contributed by atoms with Crippen LogP contribution in [-0.2, 0) is 0 Å². The molecule has 0 radical (unpaired) electrons. The van der Waals surface area contributed by atoms with E-state index in [0.29, 0.717) is 5.92 Å². The molecule has 0 aromatic heterocycles. The van der Waals surface area contributed by atoms with E-state index in [1.165, 1.54) is 12.8 Å². The molecule has 12 heavy (non-hydrogen) atoms. The van der Waals surface area contributed by atoms with Crippen molar-refractivity contribution in [3.8, 4) is 0 Å². The SMILES string of the molecule is CC.CC1=C(C(C)C)C=CCC1. The van der Waals surface area contributed by atoms with Crippen LogP contribution in [-0.4, -0.2) is 0 Å². The second-order valence-electron chi connectivity index (χ2n) is 3.33. The summed E-state index contributed by atoms with van der Waals surface area (Å²) in [5, 5.41) is 0. The summed E-state index contributed by atoms with van der Waals surface area (Å²) in [6.07, 6.45) is 7.07. The van der Waals surface area contributed by atoms with E-state index in [9.17, 15) is 0 Å². The van der Waals surface area contributed by atoms with Crippen molar-refractivity contribution >= 4 is 0 Å². The van der Waals surface area contributed by atoms with Gasteiger partial charge in [0.25, 0.3) is 0 Å². The highest BCUT2D eigenvalue weighted by Crippen LogP contribution is 2.23. The minimum absolute atomic E-state index is 0.705. The van der Waals surface area contributed by atoms with Crippen molar-refractivity contribution in [1.82, 2.24) is 0 Å². The minimum Gasteiger partial charge on any atom is -0.0839 e. The summed E-state index contributed by atoms with van der Waals surface area (Å²) in [6.45, 7) is 10.8. The summed E-state index contributed by atoms with van der Waals surface area (Å²) < 4.78 is 0. The molecule has 0 aliphatic heterocycles. The number of hydrogen-bond donors (Lipinski definition) is 0. The van der Waals surface area contributed by atoms with Crippen molar-refractivity contribution < 1.29 is 0 Å². The third-order valence-electron chi connectivity index (χ3n) is 2.10. The smallest absolute Gasteiger partial charge is 0.0219 e. The predicted octanol–water partition coefficient (Wildman–Crippen LogP) is 4.34. The van der Waals surface area contributed by atoms with E-state index in [-0.39, 0.29) is 0 Å². The van der Waals surface area contributed by atoms with Crippen LogP contribution in [0, 0.1) is 5.92 Å². The topological polar surface area (TPSA) is 0 Å². The van der Waals surface area contributed by atoms with E-state index in [2.05, 4.69) is 32.9 Å². The van der Waals surface area contributed by atoms with Crippen LogP contribution in [0.15, 0.2) is 23.3 Å². The third kappa shape index (κ3) is 3.25. The lowest BCUT2D eigenvalue weighted by molar-refractivity contribution is 0.753. The molecule has 1 aliphatic carbocycles. The Morgan fingerprint density at radius 3 is 2.17 bits per heavy atom. The van der Waals surface area contributed by atoms with Gasteiger partial charge >= 0.3 is 0 Å². The zero-order valence-corrected chi connectivity index (χ0v) is 9.15. The molecule has 0 heteroatoms. The molecule has 70 valence electrons. The van der Waals surface area contributed by atoms with Crippen LogP contribution >= 0.6 is 0 Å². The fraction of sp³-hybridized carbons (Fsp3) is 0.667. The van der Waals surface area contributed by atoms with Gasteiger partial charge in [0.15, 0.2) is 0 Å². The number of rotatable bonds is 1. The molecule has 0 unspecified atom stereocenters. The van der Waals surface area contributed by atoms with Gasteiger partial charge in [-0.25, -0.2) is 0 Å². The highest BCUT2D eigenvalue weighted by Gasteiger charge is 2.06. The molecule has 0 amide bonds. The molecule has 1 aliphatic rings. The van der Waals surface area contributed by atoms with E-state index in [4.69, 9.17) is 0 Å². The first-order chi connectivity index (χ1) is 5.72. The van der Waals surface area contributed by atoms with Gasteiger partial charge in [0.2, 0.25) is 0 Å². The standard InChI is InChI=1S/C10H16.C2H6/c1-8(2)10-7-5-4-6-9(10)3;1-2/h5,7-8H,4,6H2,1-3H3;1-2H3. The Morgan fingerprint density at radius 1 is 1.25 bits per heavy atom. The van der Waals surface area contributed by atoms with Crippen LogP contribution in [0.25, 0.3) is 0 Å². The zero-order chi connectivity index (χ0) is 9.56. The van der Waals surface area contributed by atoms with Crippen molar-refractivity contribution in [1.29, 1.82) is 0 Å². The van der Waals surface area contributed by atoms with E-state index in [1.807, 2.05) is 13.8 Å². The fourth-order valence-corrected chi connectivity index (χ4v) is 1.48. The Morgan fingerprint density at radius 2 is 1.83 bits per heavy atom. The maximum atomic E-state index is 2.28. The van der Waals surface area contributed by atoms with Gasteiger partial charge in [0.1, 0.15) is 0 Å². The Balaban J connectivity index is 0.000000561. The van der Waals surface area contributed by atoms with E-state index in [0.717, 1.165) is 0 Å². The van der Waals surface area contributed by atoms with Crippen molar-refractivity contribution in [2.75, 3.05) is 0 Å². The van der Waals surface area contributed by atoms with Gasteiger partial charge in [-0.3, -0.25) is 0 Å². The normalized spacial score (nSPS) is 16.2. The summed E-state index contributed by atoms with van der Waals surface area (Å²) in [5.41, 5.74) is 3.13. The second kappa shape index (κ2) is 6.05. The first kappa shape index (κ1) is 11.5. The van der Waals surface area contributed by atoms with E-state index >= 15 is 0 Å². The molecule has 1 rings (SSSR count). The molecule has 0 saturated carbocycles. The van der Waals surface area contributed by atoms with Gasteiger partial charge < -0.3 is 0 Å². The van der Waals surface area contributed by atoms with Crippen LogP contribution in [0.4, 0.5) is 0 Å². The van der Waals surface area contributed by atoms with E-state index in [1.54, 1.807) is 11.1 Å². The average Bonchev–Trinajstić information content (AvgIpc) is 2.08. The molecule has 0 N–H and O–H groups in total. The van der Waals surface area contributed by atoms with Crippen molar-refractivity contribution in [3.05, 3.63) is 23.3 Å². The van der Waals surface area contributed by atoms with Crippen LogP contribution < -0.4 is 0 Å². The third-order valence-corrected chi connectivity index (χ3v) is 2.10. The molecule has 0 bridgehead atoms. The molecule has 0 saturated heterocycles. The first-order valence-electron chi connectivity index (χ1n) is 5.08. The van der Waals surface area contributed by atoms with Crippen LogP contribution in [0.1, 0.15) is 47.5 Å². The lowest BCUT2D eigenvalue weighted by Crippen LogP contribution is -1.98. The molecular weight excluding hydrogens is 144 g/mol. The van der Waals surface area contributed by atoms with Crippen molar-refractivity contribution in [2.45, 2.75) is 47.5 Å². The van der Waals surface area contributed by atoms with Crippen molar-refractivity contribution in [3.63, 3.8) is 0 Å². The minimum atomic E-state index is 0.705. The Labute approximate surface area is 77.4 Å². The van der Waals surface area contributed by atoms with Gasteiger partial charge in [0, 0.05) is 0 Å². The quantitative estimate of drug-likeness (QED) is 0.543. The predicted molar refractivity (Wildman–Crippen MR) is 57.3 cm³/mol. The summed E-state index contributed by atoms with van der Waals surface area (Å²) in [6, 6.07) is 0. The lowest BCUT2D eigenvalue weighted by atomic mass is 9.91. The highest BCUT2D eigenvalue weighted by molar-refractivity contribution is 5.29. The van der Waals surface area contributed by atoms with Gasteiger partial charge in [-0.1, -0.05) is 45.4 Å². The molecule has 0 atom stereocenters. The van der Waals surface area contributed by atoms with Crippen LogP contribution in [0.5, 0.6) is 0 Å². The first-order valence-corrected chi connectivity index (χ1v) is 5.08. The molecule has 0 aromatic rings. The molecule has 0 fully saturated rings. The van der Waals surface area contributed by atoms with Gasteiger partial charge in [-0.15, -0.1) is 0 Å². The number of allylic oxidation sites excluding steroid dienone is 4. The Bertz CT molecular complexity index is 170. The van der Waals surface area contributed by atoms with Crippen LogP contribution in [0.2, 0.25) is 0 Å². The summed E-state index contributed by atoms with van der Waals surface area (Å²) in [4.78, 5) is 0. The molecule has 0 nitrogen and oxygen atoms in total. The lowest BCUT2D eigenvalue weighted by Gasteiger charge is -2.15. The van der Waals surface area contributed by atoms with Crippen LogP contribution in [0.3, 0.4) is 0 Å². The summed E-state index contributed by atoms with van der Waals surface area (Å²) >= 11 is 0.